The molecule has 24 heavy (non-hydrogen) atoms. The van der Waals surface area contributed by atoms with Crippen LogP contribution in [0.15, 0.2) is 65.2 Å². The van der Waals surface area contributed by atoms with E-state index in [0.29, 0.717) is 5.03 Å². The van der Waals surface area contributed by atoms with Crippen LogP contribution < -0.4 is 10.2 Å². The van der Waals surface area contributed by atoms with E-state index in [9.17, 15) is 10.1 Å². The second-order valence-electron chi connectivity index (χ2n) is 5.49. The average Bonchev–Trinajstić information content (AvgIpc) is 2.62. The van der Waals surface area contributed by atoms with Crippen molar-refractivity contribution < 1.29 is 4.79 Å². The zero-order valence-corrected chi connectivity index (χ0v) is 14.1. The van der Waals surface area contributed by atoms with E-state index in [1.807, 2.05) is 65.6 Å². The number of anilines is 1. The van der Waals surface area contributed by atoms with Gasteiger partial charge in [0.2, 0.25) is 0 Å². The molecule has 1 N–H and O–H groups in total. The molecule has 0 aliphatic carbocycles. The first kappa shape index (κ1) is 16.2. The number of nitriles is 1. The Bertz CT molecular complexity index is 822. The predicted molar refractivity (Wildman–Crippen MR) is 97.2 cm³/mol. The van der Waals surface area contributed by atoms with Gasteiger partial charge in [0.05, 0.1) is 5.03 Å². The van der Waals surface area contributed by atoms with Gasteiger partial charge in [-0.1, -0.05) is 49.4 Å². The lowest BCUT2D eigenvalue weighted by Gasteiger charge is -2.38. The van der Waals surface area contributed by atoms with Crippen molar-refractivity contribution in [3.8, 4) is 6.07 Å². The molecule has 1 aliphatic heterocycles. The SMILES string of the molecule is CCc1ccc(N2C(S)=C(C#N)C(=O)NC2c2ccccc2)cc1. The summed E-state index contributed by atoms with van der Waals surface area (Å²) in [6.07, 6.45) is 0.544. The van der Waals surface area contributed by atoms with Crippen molar-refractivity contribution in [1.82, 2.24) is 5.32 Å². The molecule has 1 heterocycles. The quantitative estimate of drug-likeness (QED) is 0.844. The summed E-state index contributed by atoms with van der Waals surface area (Å²) >= 11 is 4.48. The summed E-state index contributed by atoms with van der Waals surface area (Å²) in [5.74, 6) is -0.405. The summed E-state index contributed by atoms with van der Waals surface area (Å²) in [7, 11) is 0. The number of hydrogen-bond donors (Lipinski definition) is 2. The molecule has 0 fully saturated rings. The van der Waals surface area contributed by atoms with Gasteiger partial charge in [0.1, 0.15) is 17.8 Å². The number of hydrogen-bond acceptors (Lipinski definition) is 4. The number of rotatable bonds is 3. The molecule has 2 aromatic carbocycles. The Hall–Kier alpha value is -2.71. The molecule has 3 rings (SSSR count). The minimum atomic E-state index is -0.407. The lowest BCUT2D eigenvalue weighted by atomic mass is 10.1. The highest BCUT2D eigenvalue weighted by molar-refractivity contribution is 7.84. The maximum Gasteiger partial charge on any atom is 0.266 e. The fraction of sp³-hybridized carbons (Fsp3) is 0.158. The molecule has 0 aromatic heterocycles. The van der Waals surface area contributed by atoms with E-state index < -0.39 is 12.1 Å². The van der Waals surface area contributed by atoms with E-state index in [2.05, 4.69) is 24.9 Å². The van der Waals surface area contributed by atoms with Crippen molar-refractivity contribution in [2.75, 3.05) is 4.90 Å². The van der Waals surface area contributed by atoms with Gasteiger partial charge in [0.15, 0.2) is 0 Å². The molecule has 1 amide bonds. The molecule has 0 radical (unpaired) electrons. The highest BCUT2D eigenvalue weighted by Gasteiger charge is 2.33. The van der Waals surface area contributed by atoms with Gasteiger partial charge in [0.25, 0.3) is 5.91 Å². The number of benzene rings is 2. The molecule has 0 bridgehead atoms. The Kier molecular flexibility index (Phi) is 4.59. The highest BCUT2D eigenvalue weighted by Crippen LogP contribution is 2.35. The number of nitrogens with zero attached hydrogens (tertiary/aromatic N) is 2. The average molecular weight is 335 g/mol. The number of thiol groups is 1. The molecular weight excluding hydrogens is 318 g/mol. The summed E-state index contributed by atoms with van der Waals surface area (Å²) in [6.45, 7) is 2.10. The Morgan fingerprint density at radius 1 is 1.17 bits per heavy atom. The molecule has 2 aromatic rings. The maximum absolute atomic E-state index is 12.2. The second-order valence-corrected chi connectivity index (χ2v) is 5.91. The normalized spacial score (nSPS) is 17.5. The van der Waals surface area contributed by atoms with Gasteiger partial charge < -0.3 is 10.2 Å². The van der Waals surface area contributed by atoms with Crippen LogP contribution >= 0.6 is 12.6 Å². The van der Waals surface area contributed by atoms with Crippen molar-refractivity contribution in [3.05, 3.63) is 76.3 Å². The smallest absolute Gasteiger partial charge is 0.266 e. The fourth-order valence-electron chi connectivity index (χ4n) is 2.74. The van der Waals surface area contributed by atoms with Gasteiger partial charge in [-0.25, -0.2) is 0 Å². The minimum absolute atomic E-state index is 0.0186. The van der Waals surface area contributed by atoms with Crippen LogP contribution in [0.3, 0.4) is 0 Å². The van der Waals surface area contributed by atoms with E-state index in [1.54, 1.807) is 0 Å². The Labute approximate surface area is 146 Å². The van der Waals surface area contributed by atoms with E-state index in [0.717, 1.165) is 17.7 Å². The van der Waals surface area contributed by atoms with Gasteiger partial charge in [-0.15, -0.1) is 12.6 Å². The zero-order valence-electron chi connectivity index (χ0n) is 13.2. The Balaban J connectivity index is 2.12. The summed E-state index contributed by atoms with van der Waals surface area (Å²) in [5.41, 5.74) is 3.04. The van der Waals surface area contributed by atoms with Gasteiger partial charge in [-0.3, -0.25) is 4.79 Å². The van der Waals surface area contributed by atoms with Crippen molar-refractivity contribution >= 4 is 24.2 Å². The number of nitrogens with one attached hydrogen (secondary N) is 1. The molecule has 0 saturated heterocycles. The summed E-state index contributed by atoms with van der Waals surface area (Å²) in [4.78, 5) is 14.1. The predicted octanol–water partition coefficient (Wildman–Crippen LogP) is 3.55. The maximum atomic E-state index is 12.2. The highest BCUT2D eigenvalue weighted by atomic mass is 32.1. The third-order valence-electron chi connectivity index (χ3n) is 4.05. The van der Waals surface area contributed by atoms with Crippen molar-refractivity contribution in [2.24, 2.45) is 0 Å². The lowest BCUT2D eigenvalue weighted by molar-refractivity contribution is -0.118. The minimum Gasteiger partial charge on any atom is -0.327 e. The van der Waals surface area contributed by atoms with Gasteiger partial charge in [-0.05, 0) is 29.7 Å². The molecule has 5 heteroatoms. The number of amides is 1. The first-order valence-electron chi connectivity index (χ1n) is 7.73. The van der Waals surface area contributed by atoms with Gasteiger partial charge in [0, 0.05) is 5.69 Å². The van der Waals surface area contributed by atoms with Crippen LogP contribution in [-0.2, 0) is 11.2 Å². The molecule has 1 atom stereocenters. The van der Waals surface area contributed by atoms with Gasteiger partial charge in [-0.2, -0.15) is 5.26 Å². The molecule has 0 saturated carbocycles. The zero-order chi connectivity index (χ0) is 17.1. The van der Waals surface area contributed by atoms with Crippen LogP contribution in [0.2, 0.25) is 0 Å². The Morgan fingerprint density at radius 3 is 2.42 bits per heavy atom. The fourth-order valence-corrected chi connectivity index (χ4v) is 3.12. The summed E-state index contributed by atoms with van der Waals surface area (Å²) in [6, 6.07) is 19.6. The van der Waals surface area contributed by atoms with Crippen molar-refractivity contribution in [2.45, 2.75) is 19.5 Å². The molecule has 4 nitrogen and oxygen atoms in total. The topological polar surface area (TPSA) is 56.1 Å². The van der Waals surface area contributed by atoms with E-state index in [-0.39, 0.29) is 5.57 Å². The van der Waals surface area contributed by atoms with Crippen molar-refractivity contribution in [3.63, 3.8) is 0 Å². The second kappa shape index (κ2) is 6.81. The third-order valence-corrected chi connectivity index (χ3v) is 4.49. The van der Waals surface area contributed by atoms with Crippen LogP contribution in [0.5, 0.6) is 0 Å². The monoisotopic (exact) mass is 335 g/mol. The first-order chi connectivity index (χ1) is 11.7. The van der Waals surface area contributed by atoms with Crippen LogP contribution in [0, 0.1) is 11.3 Å². The largest absolute Gasteiger partial charge is 0.327 e. The lowest BCUT2D eigenvalue weighted by Crippen LogP contribution is -2.46. The van der Waals surface area contributed by atoms with Crippen LogP contribution in [0.25, 0.3) is 0 Å². The number of carbonyl (C=O) groups excluding carboxylic acids is 1. The molecular formula is C19H17N3OS. The van der Waals surface area contributed by atoms with Gasteiger partial charge >= 0.3 is 0 Å². The van der Waals surface area contributed by atoms with Crippen molar-refractivity contribution in [1.29, 1.82) is 5.26 Å². The van der Waals surface area contributed by atoms with E-state index in [1.165, 1.54) is 5.56 Å². The first-order valence-corrected chi connectivity index (χ1v) is 8.17. The number of carbonyl (C=O) groups is 1. The summed E-state index contributed by atoms with van der Waals surface area (Å²) in [5, 5.41) is 12.6. The molecule has 0 spiro atoms. The Morgan fingerprint density at radius 2 is 1.83 bits per heavy atom. The molecule has 1 unspecified atom stereocenters. The standard InChI is InChI=1S/C19H17N3OS/c1-2-13-8-10-15(11-9-13)22-17(14-6-4-3-5-7-14)21-18(23)16(12-20)19(22)24/h3-11,17,24H,2H2,1H3,(H,21,23). The van der Waals surface area contributed by atoms with Crippen LogP contribution in [-0.4, -0.2) is 5.91 Å². The van der Waals surface area contributed by atoms with Crippen LogP contribution in [0.4, 0.5) is 5.69 Å². The summed E-state index contributed by atoms with van der Waals surface area (Å²) < 4.78 is 0. The third kappa shape index (κ3) is 2.89. The van der Waals surface area contributed by atoms with E-state index in [4.69, 9.17) is 0 Å². The number of aryl methyl sites for hydroxylation is 1. The van der Waals surface area contributed by atoms with Crippen LogP contribution in [0.1, 0.15) is 24.2 Å². The molecule has 1 aliphatic rings. The molecule has 120 valence electrons. The van der Waals surface area contributed by atoms with E-state index >= 15 is 0 Å².